The molecule has 13 heavy (non-hydrogen) atoms. The molecule has 66 valence electrons. The Bertz CT molecular complexity index is 471. The molecular formula is C7H7N5S. The number of hydrogen-bond acceptors (Lipinski definition) is 4. The molecule has 0 amide bonds. The fourth-order valence-corrected chi connectivity index (χ4v) is 1.27. The maximum Gasteiger partial charge on any atom is 0.115 e. The fourth-order valence-electron chi connectivity index (χ4n) is 1.06. The molecule has 0 bridgehead atoms. The number of aromatic amines is 1. The van der Waals surface area contributed by atoms with Crippen LogP contribution in [-0.2, 0) is 7.05 Å². The minimum absolute atomic E-state index is 0.639. The minimum Gasteiger partial charge on any atom is -0.337 e. The second kappa shape index (κ2) is 3.06. The highest BCUT2D eigenvalue weighted by Gasteiger charge is 2.04. The van der Waals surface area contributed by atoms with E-state index in [0.29, 0.717) is 4.64 Å². The van der Waals surface area contributed by atoms with Crippen molar-refractivity contribution in [2.45, 2.75) is 0 Å². The van der Waals surface area contributed by atoms with Crippen LogP contribution in [0.1, 0.15) is 0 Å². The zero-order valence-corrected chi connectivity index (χ0v) is 7.75. The quantitative estimate of drug-likeness (QED) is 0.684. The number of hydrogen-bond donors (Lipinski definition) is 1. The van der Waals surface area contributed by atoms with Crippen LogP contribution in [0.5, 0.6) is 0 Å². The van der Waals surface area contributed by atoms with Gasteiger partial charge in [0.1, 0.15) is 4.64 Å². The third kappa shape index (κ3) is 1.35. The smallest absolute Gasteiger partial charge is 0.115 e. The van der Waals surface area contributed by atoms with Gasteiger partial charge in [-0.2, -0.15) is 0 Å². The third-order valence-electron chi connectivity index (χ3n) is 1.71. The summed E-state index contributed by atoms with van der Waals surface area (Å²) in [6, 6.07) is 0. The summed E-state index contributed by atoms with van der Waals surface area (Å²) < 4.78 is 2.29. The third-order valence-corrected chi connectivity index (χ3v) is 2.05. The van der Waals surface area contributed by atoms with Crippen LogP contribution < -0.4 is 0 Å². The number of aromatic nitrogens is 5. The van der Waals surface area contributed by atoms with Crippen LogP contribution in [0.4, 0.5) is 0 Å². The molecule has 2 aromatic heterocycles. The van der Waals surface area contributed by atoms with Gasteiger partial charge in [0, 0.05) is 13.2 Å². The lowest BCUT2D eigenvalue weighted by molar-refractivity contribution is 0.720. The second-order valence-electron chi connectivity index (χ2n) is 2.54. The molecule has 0 aliphatic heterocycles. The largest absolute Gasteiger partial charge is 0.337 e. The Morgan fingerprint density at radius 1 is 1.46 bits per heavy atom. The summed E-state index contributed by atoms with van der Waals surface area (Å²) in [5.41, 5.74) is 1.69. The Morgan fingerprint density at radius 2 is 2.31 bits per heavy atom. The monoisotopic (exact) mass is 193 g/mol. The van der Waals surface area contributed by atoms with E-state index in [9.17, 15) is 0 Å². The van der Waals surface area contributed by atoms with Gasteiger partial charge < -0.3 is 4.98 Å². The van der Waals surface area contributed by atoms with E-state index in [2.05, 4.69) is 20.3 Å². The van der Waals surface area contributed by atoms with Crippen LogP contribution >= 0.6 is 12.2 Å². The first-order chi connectivity index (χ1) is 6.29. The lowest BCUT2D eigenvalue weighted by atomic mass is 10.3. The molecule has 1 N–H and O–H groups in total. The van der Waals surface area contributed by atoms with Crippen LogP contribution in [0.25, 0.3) is 11.3 Å². The maximum atomic E-state index is 5.10. The standard InChI is InChI=1S/C7H7N5S/c1-12-6(3-10-11-12)5-2-8-4-9-7(5)13/h2-4H,1H3,(H,8,9,13). The van der Waals surface area contributed by atoms with Crippen molar-refractivity contribution in [3.63, 3.8) is 0 Å². The van der Waals surface area contributed by atoms with Gasteiger partial charge in [-0.1, -0.05) is 17.4 Å². The highest BCUT2D eigenvalue weighted by Crippen LogP contribution is 2.15. The molecule has 5 nitrogen and oxygen atoms in total. The highest BCUT2D eigenvalue weighted by atomic mass is 32.1. The van der Waals surface area contributed by atoms with E-state index in [1.807, 2.05) is 7.05 Å². The molecule has 0 atom stereocenters. The van der Waals surface area contributed by atoms with Crippen molar-refractivity contribution in [3.05, 3.63) is 23.4 Å². The van der Waals surface area contributed by atoms with Crippen LogP contribution in [0, 0.1) is 4.64 Å². The van der Waals surface area contributed by atoms with Gasteiger partial charge in [-0.05, 0) is 0 Å². The first kappa shape index (κ1) is 8.06. The first-order valence-electron chi connectivity index (χ1n) is 3.67. The Balaban J connectivity index is 2.66. The molecule has 6 heteroatoms. The molecule has 0 aromatic carbocycles. The summed E-state index contributed by atoms with van der Waals surface area (Å²) in [5.74, 6) is 0. The van der Waals surface area contributed by atoms with Gasteiger partial charge in [0.05, 0.1) is 23.8 Å². The highest BCUT2D eigenvalue weighted by molar-refractivity contribution is 7.71. The molecule has 0 aliphatic rings. The summed E-state index contributed by atoms with van der Waals surface area (Å²) in [7, 11) is 1.81. The molecule has 0 fully saturated rings. The van der Waals surface area contributed by atoms with E-state index in [0.717, 1.165) is 11.3 Å². The predicted octanol–water partition coefficient (Wildman–Crippen LogP) is 0.935. The summed E-state index contributed by atoms with van der Waals surface area (Å²) >= 11 is 5.10. The molecule has 2 heterocycles. The number of H-pyrrole nitrogens is 1. The van der Waals surface area contributed by atoms with Crippen LogP contribution in [-0.4, -0.2) is 25.0 Å². The van der Waals surface area contributed by atoms with Gasteiger partial charge in [0.2, 0.25) is 0 Å². The zero-order valence-electron chi connectivity index (χ0n) is 6.93. The molecule has 0 radical (unpaired) electrons. The Hall–Kier alpha value is -1.56. The Kier molecular flexibility index (Phi) is 1.90. The summed E-state index contributed by atoms with van der Waals surface area (Å²) in [4.78, 5) is 6.80. The predicted molar refractivity (Wildman–Crippen MR) is 49.4 cm³/mol. The van der Waals surface area contributed by atoms with Gasteiger partial charge in [-0.3, -0.25) is 0 Å². The number of nitrogens with one attached hydrogen (secondary N) is 1. The van der Waals surface area contributed by atoms with Gasteiger partial charge in [-0.15, -0.1) is 5.10 Å². The van der Waals surface area contributed by atoms with Crippen molar-refractivity contribution < 1.29 is 0 Å². The minimum atomic E-state index is 0.639. The van der Waals surface area contributed by atoms with E-state index in [1.54, 1.807) is 23.4 Å². The Morgan fingerprint density at radius 3 is 2.92 bits per heavy atom. The van der Waals surface area contributed by atoms with Crippen molar-refractivity contribution in [2.24, 2.45) is 7.05 Å². The van der Waals surface area contributed by atoms with Crippen molar-refractivity contribution in [2.75, 3.05) is 0 Å². The summed E-state index contributed by atoms with van der Waals surface area (Å²) in [5, 5.41) is 7.58. The number of aryl methyl sites for hydroxylation is 1. The van der Waals surface area contributed by atoms with Crippen LogP contribution in [0.3, 0.4) is 0 Å². The van der Waals surface area contributed by atoms with E-state index in [4.69, 9.17) is 12.2 Å². The first-order valence-corrected chi connectivity index (χ1v) is 4.07. The van der Waals surface area contributed by atoms with Crippen molar-refractivity contribution in [1.82, 2.24) is 25.0 Å². The second-order valence-corrected chi connectivity index (χ2v) is 2.95. The SMILES string of the molecule is Cn1nncc1-c1cnc[nH]c1=S. The summed E-state index contributed by atoms with van der Waals surface area (Å²) in [6.45, 7) is 0. The maximum absolute atomic E-state index is 5.10. The molecular weight excluding hydrogens is 186 g/mol. The lowest BCUT2D eigenvalue weighted by Crippen LogP contribution is -1.95. The van der Waals surface area contributed by atoms with Gasteiger partial charge >= 0.3 is 0 Å². The molecule has 2 aromatic rings. The molecule has 0 spiro atoms. The molecule has 0 saturated carbocycles. The molecule has 0 saturated heterocycles. The van der Waals surface area contributed by atoms with Crippen molar-refractivity contribution in [1.29, 1.82) is 0 Å². The van der Waals surface area contributed by atoms with Gasteiger partial charge in [0.15, 0.2) is 0 Å². The number of nitrogens with zero attached hydrogens (tertiary/aromatic N) is 4. The van der Waals surface area contributed by atoms with Gasteiger partial charge in [-0.25, -0.2) is 9.67 Å². The van der Waals surface area contributed by atoms with E-state index < -0.39 is 0 Å². The average Bonchev–Trinajstić information content (AvgIpc) is 2.52. The normalized spacial score (nSPS) is 10.2. The van der Waals surface area contributed by atoms with Crippen molar-refractivity contribution >= 4 is 12.2 Å². The number of rotatable bonds is 1. The fraction of sp³-hybridized carbons (Fsp3) is 0.143. The average molecular weight is 193 g/mol. The topological polar surface area (TPSA) is 59.4 Å². The molecule has 0 unspecified atom stereocenters. The lowest BCUT2D eigenvalue weighted by Gasteiger charge is -1.98. The van der Waals surface area contributed by atoms with Crippen LogP contribution in [0.2, 0.25) is 0 Å². The molecule has 0 aliphatic carbocycles. The van der Waals surface area contributed by atoms with E-state index >= 15 is 0 Å². The van der Waals surface area contributed by atoms with Crippen LogP contribution in [0.15, 0.2) is 18.7 Å². The van der Waals surface area contributed by atoms with Gasteiger partial charge in [0.25, 0.3) is 0 Å². The summed E-state index contributed by atoms with van der Waals surface area (Å²) in [6.07, 6.45) is 4.90. The van der Waals surface area contributed by atoms with E-state index in [1.165, 1.54) is 0 Å². The van der Waals surface area contributed by atoms with E-state index in [-0.39, 0.29) is 0 Å². The Labute approximate surface area is 79.4 Å². The molecule has 2 rings (SSSR count). The van der Waals surface area contributed by atoms with Crippen molar-refractivity contribution in [3.8, 4) is 11.3 Å². The zero-order chi connectivity index (χ0) is 9.26.